The molecule has 0 aromatic heterocycles. The Morgan fingerprint density at radius 2 is 0.700 bits per heavy atom. The molecule has 0 saturated carbocycles. The summed E-state index contributed by atoms with van der Waals surface area (Å²) >= 11 is 0. The second-order valence-electron chi connectivity index (χ2n) is 3.00. The van der Waals surface area contributed by atoms with Crippen LogP contribution in [0.2, 0.25) is 0 Å². The summed E-state index contributed by atoms with van der Waals surface area (Å²) in [5, 5.41) is 0. The fraction of sp³-hybridized carbons (Fsp3) is 1.00. The standard InChI is InChI=1S/C5H12.C2H6.2CH4.Y/c1-5(2,3)4;1-2;;;/h1-4H3;1-2H3;2*1H4;. The van der Waals surface area contributed by atoms with Crippen LogP contribution in [0, 0.1) is 5.41 Å². The van der Waals surface area contributed by atoms with Crippen LogP contribution < -0.4 is 0 Å². The zero-order valence-electron chi connectivity index (χ0n) is 7.08. The zero-order valence-corrected chi connectivity index (χ0v) is 9.92. The largest absolute Gasteiger partial charge is 0.0776 e. The molecular weight excluding hydrogens is 197 g/mol. The van der Waals surface area contributed by atoms with Gasteiger partial charge in [-0.1, -0.05) is 56.4 Å². The van der Waals surface area contributed by atoms with E-state index < -0.39 is 0 Å². The molecule has 0 nitrogen and oxygen atoms in total. The Morgan fingerprint density at radius 3 is 0.700 bits per heavy atom. The van der Waals surface area contributed by atoms with Crippen molar-refractivity contribution < 1.29 is 32.7 Å². The molecular formula is C9H26Y. The van der Waals surface area contributed by atoms with Gasteiger partial charge in [0.25, 0.3) is 0 Å². The average molecular weight is 223 g/mol. The average Bonchev–Trinajstić information content (AvgIpc) is 1.36. The topological polar surface area (TPSA) is 0 Å². The first-order valence-corrected chi connectivity index (χ1v) is 3.00. The molecule has 0 bridgehead atoms. The Labute approximate surface area is 94.1 Å². The molecule has 0 aliphatic heterocycles. The summed E-state index contributed by atoms with van der Waals surface area (Å²) in [7, 11) is 0. The molecule has 1 heteroatoms. The quantitative estimate of drug-likeness (QED) is 0.572. The van der Waals surface area contributed by atoms with Gasteiger partial charge in [-0.3, -0.25) is 0 Å². The van der Waals surface area contributed by atoms with Crippen molar-refractivity contribution in [2.24, 2.45) is 5.41 Å². The van der Waals surface area contributed by atoms with Gasteiger partial charge >= 0.3 is 0 Å². The third-order valence-corrected chi connectivity index (χ3v) is 0. The van der Waals surface area contributed by atoms with Gasteiger partial charge in [-0.2, -0.15) is 0 Å². The predicted octanol–water partition coefficient (Wildman–Crippen LogP) is 4.35. The predicted molar refractivity (Wildman–Crippen MR) is 49.9 cm³/mol. The van der Waals surface area contributed by atoms with Gasteiger partial charge in [0, 0.05) is 32.7 Å². The van der Waals surface area contributed by atoms with E-state index in [-0.39, 0.29) is 47.6 Å². The van der Waals surface area contributed by atoms with Crippen molar-refractivity contribution >= 4 is 0 Å². The molecule has 0 amide bonds. The maximum atomic E-state index is 2.19. The molecule has 0 aromatic rings. The fourth-order valence-corrected chi connectivity index (χ4v) is 0. The van der Waals surface area contributed by atoms with E-state index in [4.69, 9.17) is 0 Å². The Morgan fingerprint density at radius 1 is 0.700 bits per heavy atom. The molecule has 0 N–H and O–H groups in total. The van der Waals surface area contributed by atoms with Gasteiger partial charge in [0.15, 0.2) is 0 Å². The molecule has 0 rings (SSSR count). The molecule has 0 saturated heterocycles. The summed E-state index contributed by atoms with van der Waals surface area (Å²) in [4.78, 5) is 0. The van der Waals surface area contributed by atoms with Crippen LogP contribution >= 0.6 is 0 Å². The molecule has 0 unspecified atom stereocenters. The minimum atomic E-state index is 0. The van der Waals surface area contributed by atoms with Crippen LogP contribution in [0.5, 0.6) is 0 Å². The summed E-state index contributed by atoms with van der Waals surface area (Å²) < 4.78 is 0. The van der Waals surface area contributed by atoms with Gasteiger partial charge < -0.3 is 0 Å². The Bertz CT molecular complexity index is 20.2. The van der Waals surface area contributed by atoms with Gasteiger partial charge in [-0.25, -0.2) is 0 Å². The fourth-order valence-electron chi connectivity index (χ4n) is 0. The van der Waals surface area contributed by atoms with Crippen LogP contribution in [0.1, 0.15) is 56.4 Å². The first-order valence-electron chi connectivity index (χ1n) is 3.00. The Hall–Kier alpha value is 1.10. The molecule has 65 valence electrons. The van der Waals surface area contributed by atoms with E-state index in [9.17, 15) is 0 Å². The number of hydrogen-bond donors (Lipinski definition) is 0. The van der Waals surface area contributed by atoms with E-state index in [1.165, 1.54) is 0 Å². The Balaban J connectivity index is -0.0000000154. The molecule has 0 aliphatic carbocycles. The van der Waals surface area contributed by atoms with Gasteiger partial charge in [0.05, 0.1) is 0 Å². The van der Waals surface area contributed by atoms with E-state index in [1.807, 2.05) is 13.8 Å². The minimum Gasteiger partial charge on any atom is -0.0776 e. The SMILES string of the molecule is C.C.CC.CC(C)(C)C.[Y]. The van der Waals surface area contributed by atoms with Gasteiger partial charge in [0.1, 0.15) is 0 Å². The van der Waals surface area contributed by atoms with E-state index in [0.717, 1.165) is 0 Å². The molecule has 0 spiro atoms. The first-order chi connectivity index (χ1) is 3.00. The van der Waals surface area contributed by atoms with Crippen molar-refractivity contribution in [3.05, 3.63) is 0 Å². The summed E-state index contributed by atoms with van der Waals surface area (Å²) in [6, 6.07) is 0. The summed E-state index contributed by atoms with van der Waals surface area (Å²) in [5.41, 5.74) is 0.500. The van der Waals surface area contributed by atoms with Crippen LogP contribution in [0.15, 0.2) is 0 Å². The van der Waals surface area contributed by atoms with Crippen molar-refractivity contribution in [3.8, 4) is 0 Å². The normalized spacial score (nSPS) is 6.60. The molecule has 0 atom stereocenters. The first kappa shape index (κ1) is 30.4. The van der Waals surface area contributed by atoms with Crippen molar-refractivity contribution in [1.29, 1.82) is 0 Å². The Kier molecular flexibility index (Phi) is 50.5. The number of rotatable bonds is 0. The molecule has 10 heavy (non-hydrogen) atoms. The van der Waals surface area contributed by atoms with Gasteiger partial charge in [-0.05, 0) is 5.41 Å². The van der Waals surface area contributed by atoms with Crippen molar-refractivity contribution in [3.63, 3.8) is 0 Å². The van der Waals surface area contributed by atoms with E-state index >= 15 is 0 Å². The zero-order chi connectivity index (χ0) is 6.50. The second-order valence-corrected chi connectivity index (χ2v) is 3.00. The van der Waals surface area contributed by atoms with Gasteiger partial charge in [0.2, 0.25) is 0 Å². The smallest absolute Gasteiger partial charge is 0 e. The number of hydrogen-bond acceptors (Lipinski definition) is 0. The van der Waals surface area contributed by atoms with Crippen LogP contribution in [-0.4, -0.2) is 0 Å². The molecule has 0 aromatic carbocycles. The van der Waals surface area contributed by atoms with Crippen LogP contribution in [0.4, 0.5) is 0 Å². The third kappa shape index (κ3) is 491. The molecule has 0 aliphatic rings. The van der Waals surface area contributed by atoms with E-state index in [1.54, 1.807) is 0 Å². The van der Waals surface area contributed by atoms with Crippen LogP contribution in [0.3, 0.4) is 0 Å². The monoisotopic (exact) mass is 223 g/mol. The molecule has 0 fully saturated rings. The second kappa shape index (κ2) is 16.6. The maximum Gasteiger partial charge on any atom is 0 e. The van der Waals surface area contributed by atoms with E-state index in [2.05, 4.69) is 27.7 Å². The van der Waals surface area contributed by atoms with Crippen LogP contribution in [0.25, 0.3) is 0 Å². The van der Waals surface area contributed by atoms with E-state index in [0.29, 0.717) is 5.41 Å². The van der Waals surface area contributed by atoms with Crippen LogP contribution in [-0.2, 0) is 32.7 Å². The third-order valence-electron chi connectivity index (χ3n) is 0. The minimum absolute atomic E-state index is 0. The maximum absolute atomic E-state index is 2.19. The van der Waals surface area contributed by atoms with Crippen molar-refractivity contribution in [2.75, 3.05) is 0 Å². The van der Waals surface area contributed by atoms with Gasteiger partial charge in [-0.15, -0.1) is 0 Å². The molecule has 0 heterocycles. The van der Waals surface area contributed by atoms with Crippen molar-refractivity contribution in [1.82, 2.24) is 0 Å². The summed E-state index contributed by atoms with van der Waals surface area (Å²) in [6.45, 7) is 12.8. The molecule has 1 radical (unpaired) electrons. The van der Waals surface area contributed by atoms with Crippen molar-refractivity contribution in [2.45, 2.75) is 56.4 Å². The summed E-state index contributed by atoms with van der Waals surface area (Å²) in [6.07, 6.45) is 0. The summed E-state index contributed by atoms with van der Waals surface area (Å²) in [5.74, 6) is 0.